The van der Waals surface area contributed by atoms with E-state index in [0.29, 0.717) is 5.56 Å². The van der Waals surface area contributed by atoms with Crippen molar-refractivity contribution < 1.29 is 14.8 Å². The number of carboxylic acid groups (broad SMARTS) is 1. The molecule has 2 rings (SSSR count). The maximum Gasteiger partial charge on any atom is 0.348 e. The molecule has 1 heterocycles. The van der Waals surface area contributed by atoms with Gasteiger partial charge in [-0.1, -0.05) is 12.1 Å². The molecule has 0 aliphatic heterocycles. The molecular formula is C13H11N3O5. The fraction of sp³-hybridized carbons (Fsp3) is 0.154. The summed E-state index contributed by atoms with van der Waals surface area (Å²) in [7, 11) is 0. The van der Waals surface area contributed by atoms with Gasteiger partial charge in [0.05, 0.1) is 16.2 Å². The quantitative estimate of drug-likeness (QED) is 0.668. The van der Waals surface area contributed by atoms with E-state index in [0.717, 1.165) is 4.57 Å². The number of para-hydroxylation sites is 1. The van der Waals surface area contributed by atoms with Gasteiger partial charge < -0.3 is 5.11 Å². The number of aliphatic carboxylic acids is 1. The first-order chi connectivity index (χ1) is 9.90. The topological polar surface area (TPSA) is 115 Å². The van der Waals surface area contributed by atoms with Crippen LogP contribution in [0.15, 0.2) is 35.3 Å². The minimum absolute atomic E-state index is 0.163. The zero-order chi connectivity index (χ0) is 15.6. The Balaban J connectivity index is 2.61. The van der Waals surface area contributed by atoms with E-state index in [1.54, 1.807) is 13.0 Å². The van der Waals surface area contributed by atoms with Crippen LogP contribution in [0.2, 0.25) is 0 Å². The van der Waals surface area contributed by atoms with Crippen molar-refractivity contribution in [2.45, 2.75) is 13.5 Å². The molecule has 0 aliphatic rings. The van der Waals surface area contributed by atoms with E-state index < -0.39 is 23.1 Å². The molecule has 0 saturated heterocycles. The van der Waals surface area contributed by atoms with Crippen molar-refractivity contribution in [2.75, 3.05) is 0 Å². The molecule has 1 N–H and O–H groups in total. The fourth-order valence-electron chi connectivity index (χ4n) is 1.96. The first kappa shape index (κ1) is 14.4. The highest BCUT2D eigenvalue weighted by atomic mass is 16.6. The molecule has 0 amide bonds. The maximum atomic E-state index is 11.8. The summed E-state index contributed by atoms with van der Waals surface area (Å²) in [5, 5.41) is 19.7. The molecule has 1 aromatic heterocycles. The SMILES string of the molecule is Cc1cn(CC(=O)O)c(=O)nc1-c1ccccc1[N+](=O)[O-]. The highest BCUT2D eigenvalue weighted by Crippen LogP contribution is 2.29. The van der Waals surface area contributed by atoms with Crippen molar-refractivity contribution in [3.05, 3.63) is 56.6 Å². The van der Waals surface area contributed by atoms with Gasteiger partial charge in [-0.15, -0.1) is 0 Å². The monoisotopic (exact) mass is 289 g/mol. The van der Waals surface area contributed by atoms with Crippen LogP contribution in [0.3, 0.4) is 0 Å². The molecule has 8 heteroatoms. The summed E-state index contributed by atoms with van der Waals surface area (Å²) in [6, 6.07) is 5.93. The Morgan fingerprint density at radius 1 is 1.43 bits per heavy atom. The molecule has 0 fully saturated rings. The predicted octanol–water partition coefficient (Wildman–Crippen LogP) is 1.21. The fourth-order valence-corrected chi connectivity index (χ4v) is 1.96. The second-order valence-corrected chi connectivity index (χ2v) is 4.35. The number of nitro groups is 1. The van der Waals surface area contributed by atoms with E-state index >= 15 is 0 Å². The third-order valence-corrected chi connectivity index (χ3v) is 2.84. The highest BCUT2D eigenvalue weighted by molar-refractivity contribution is 5.72. The van der Waals surface area contributed by atoms with Crippen LogP contribution < -0.4 is 5.69 Å². The zero-order valence-corrected chi connectivity index (χ0v) is 11.0. The maximum absolute atomic E-state index is 11.8. The number of benzene rings is 1. The van der Waals surface area contributed by atoms with Crippen LogP contribution in [0.4, 0.5) is 5.69 Å². The van der Waals surface area contributed by atoms with Gasteiger partial charge in [0.1, 0.15) is 6.54 Å². The number of carboxylic acids is 1. The molecule has 21 heavy (non-hydrogen) atoms. The molecular weight excluding hydrogens is 278 g/mol. The molecule has 108 valence electrons. The second kappa shape index (κ2) is 5.53. The second-order valence-electron chi connectivity index (χ2n) is 4.35. The van der Waals surface area contributed by atoms with Crippen LogP contribution >= 0.6 is 0 Å². The minimum atomic E-state index is -1.17. The normalized spacial score (nSPS) is 10.3. The molecule has 8 nitrogen and oxygen atoms in total. The number of nitrogens with zero attached hydrogens (tertiary/aromatic N) is 3. The molecule has 0 radical (unpaired) electrons. The lowest BCUT2D eigenvalue weighted by Gasteiger charge is -2.08. The summed E-state index contributed by atoms with van der Waals surface area (Å²) < 4.78 is 0.940. The molecule has 0 saturated carbocycles. The van der Waals surface area contributed by atoms with Gasteiger partial charge in [0, 0.05) is 12.3 Å². The number of hydrogen-bond donors (Lipinski definition) is 1. The van der Waals surface area contributed by atoms with Crippen molar-refractivity contribution in [1.29, 1.82) is 0 Å². The Morgan fingerprint density at radius 2 is 2.10 bits per heavy atom. The average molecular weight is 289 g/mol. The molecule has 1 aromatic carbocycles. The minimum Gasteiger partial charge on any atom is -0.480 e. The van der Waals surface area contributed by atoms with Gasteiger partial charge in [-0.3, -0.25) is 19.5 Å². The molecule has 0 aliphatic carbocycles. The third-order valence-electron chi connectivity index (χ3n) is 2.84. The number of aryl methyl sites for hydroxylation is 1. The largest absolute Gasteiger partial charge is 0.480 e. The van der Waals surface area contributed by atoms with Crippen LogP contribution in [-0.2, 0) is 11.3 Å². The molecule has 0 spiro atoms. The van der Waals surface area contributed by atoms with Gasteiger partial charge in [0.25, 0.3) is 5.69 Å². The summed E-state index contributed by atoms with van der Waals surface area (Å²) in [5.74, 6) is -1.17. The van der Waals surface area contributed by atoms with Crippen molar-refractivity contribution in [1.82, 2.24) is 9.55 Å². The number of rotatable bonds is 4. The smallest absolute Gasteiger partial charge is 0.348 e. The summed E-state index contributed by atoms with van der Waals surface area (Å²) in [6.45, 7) is 1.10. The Hall–Kier alpha value is -3.03. The Kier molecular flexibility index (Phi) is 3.79. The van der Waals surface area contributed by atoms with Crippen molar-refractivity contribution >= 4 is 11.7 Å². The van der Waals surface area contributed by atoms with Gasteiger partial charge in [0.15, 0.2) is 0 Å². The van der Waals surface area contributed by atoms with Gasteiger partial charge in [-0.05, 0) is 18.6 Å². The number of nitro benzene ring substituents is 1. The van der Waals surface area contributed by atoms with Crippen LogP contribution in [0.5, 0.6) is 0 Å². The Labute approximate surface area is 118 Å². The van der Waals surface area contributed by atoms with E-state index in [-0.39, 0.29) is 16.9 Å². The lowest BCUT2D eigenvalue weighted by Crippen LogP contribution is -2.27. The van der Waals surface area contributed by atoms with Crippen molar-refractivity contribution in [2.24, 2.45) is 0 Å². The van der Waals surface area contributed by atoms with E-state index in [9.17, 15) is 19.7 Å². The van der Waals surface area contributed by atoms with Crippen LogP contribution in [-0.4, -0.2) is 25.6 Å². The summed E-state index contributed by atoms with van der Waals surface area (Å²) in [4.78, 5) is 36.7. The molecule has 0 atom stereocenters. The Bertz CT molecular complexity index is 782. The van der Waals surface area contributed by atoms with Crippen LogP contribution in [0, 0.1) is 17.0 Å². The van der Waals surface area contributed by atoms with E-state index in [1.807, 2.05) is 0 Å². The Morgan fingerprint density at radius 3 is 2.71 bits per heavy atom. The molecule has 2 aromatic rings. The first-order valence-electron chi connectivity index (χ1n) is 5.94. The summed E-state index contributed by atoms with van der Waals surface area (Å²) in [6.07, 6.45) is 1.33. The zero-order valence-electron chi connectivity index (χ0n) is 11.0. The molecule has 0 bridgehead atoms. The average Bonchev–Trinajstić information content (AvgIpc) is 2.42. The third kappa shape index (κ3) is 2.94. The molecule has 0 unspecified atom stereocenters. The lowest BCUT2D eigenvalue weighted by atomic mass is 10.1. The predicted molar refractivity (Wildman–Crippen MR) is 73.0 cm³/mol. The number of carbonyl (C=O) groups is 1. The van der Waals surface area contributed by atoms with Crippen molar-refractivity contribution in [3.63, 3.8) is 0 Å². The van der Waals surface area contributed by atoms with Crippen molar-refractivity contribution in [3.8, 4) is 11.3 Å². The van der Waals surface area contributed by atoms with Gasteiger partial charge >= 0.3 is 11.7 Å². The van der Waals surface area contributed by atoms with Crippen LogP contribution in [0.1, 0.15) is 5.56 Å². The highest BCUT2D eigenvalue weighted by Gasteiger charge is 2.18. The standard InChI is InChI=1S/C13H11N3O5/c1-8-6-15(7-11(17)18)13(19)14-12(8)9-4-2-3-5-10(9)16(20)21/h2-6H,7H2,1H3,(H,17,18). The van der Waals surface area contributed by atoms with Gasteiger partial charge in [-0.2, -0.15) is 4.98 Å². The van der Waals surface area contributed by atoms with Gasteiger partial charge in [0.2, 0.25) is 0 Å². The number of hydrogen-bond acceptors (Lipinski definition) is 5. The van der Waals surface area contributed by atoms with E-state index in [1.165, 1.54) is 24.4 Å². The van der Waals surface area contributed by atoms with Crippen LogP contribution in [0.25, 0.3) is 11.3 Å². The van der Waals surface area contributed by atoms with E-state index in [4.69, 9.17) is 5.11 Å². The summed E-state index contributed by atoms with van der Waals surface area (Å²) in [5.41, 5.74) is -0.0571. The lowest BCUT2D eigenvalue weighted by molar-refractivity contribution is -0.384. The first-order valence-corrected chi connectivity index (χ1v) is 5.94. The van der Waals surface area contributed by atoms with E-state index in [2.05, 4.69) is 4.98 Å². The van der Waals surface area contributed by atoms with Gasteiger partial charge in [-0.25, -0.2) is 4.79 Å². The summed E-state index contributed by atoms with van der Waals surface area (Å²) >= 11 is 0. The number of aromatic nitrogens is 2.